The van der Waals surface area contributed by atoms with Crippen LogP contribution in [0, 0.1) is 3.57 Å². The van der Waals surface area contributed by atoms with E-state index >= 15 is 0 Å². The van der Waals surface area contributed by atoms with E-state index < -0.39 is 0 Å². The first-order valence-corrected chi connectivity index (χ1v) is 6.33. The molecule has 0 N–H and O–H groups in total. The van der Waals surface area contributed by atoms with Crippen molar-refractivity contribution in [1.82, 2.24) is 0 Å². The van der Waals surface area contributed by atoms with E-state index in [1.54, 1.807) is 6.08 Å². The van der Waals surface area contributed by atoms with Gasteiger partial charge in [-0.05, 0) is 46.9 Å². The van der Waals surface area contributed by atoms with E-state index in [4.69, 9.17) is 4.74 Å². The fourth-order valence-corrected chi connectivity index (χ4v) is 2.40. The zero-order valence-electron chi connectivity index (χ0n) is 8.57. The van der Waals surface area contributed by atoms with Gasteiger partial charge in [-0.15, -0.1) is 0 Å². The van der Waals surface area contributed by atoms with E-state index in [1.165, 1.54) is 13.2 Å². The molecular formula is C11H10BrIO3. The summed E-state index contributed by atoms with van der Waals surface area (Å²) in [5.74, 6) is 0.410. The summed E-state index contributed by atoms with van der Waals surface area (Å²) < 4.78 is 11.9. The minimum absolute atomic E-state index is 0.340. The monoisotopic (exact) mass is 396 g/mol. The van der Waals surface area contributed by atoms with Crippen molar-refractivity contribution in [1.29, 1.82) is 0 Å². The molecule has 0 aliphatic heterocycles. The van der Waals surface area contributed by atoms with Gasteiger partial charge >= 0.3 is 5.97 Å². The molecule has 1 rings (SSSR count). The van der Waals surface area contributed by atoms with Crippen molar-refractivity contribution in [3.8, 4) is 5.75 Å². The summed E-state index contributed by atoms with van der Waals surface area (Å²) in [5.41, 5.74) is 0. The number of halogens is 2. The van der Waals surface area contributed by atoms with E-state index in [9.17, 15) is 4.79 Å². The van der Waals surface area contributed by atoms with Crippen LogP contribution in [0.15, 0.2) is 34.8 Å². The SMILES string of the molecule is COC(=O)C=CCOc1ccc(Br)cc1I. The lowest BCUT2D eigenvalue weighted by molar-refractivity contribution is -0.134. The Balaban J connectivity index is 2.49. The van der Waals surface area contributed by atoms with Gasteiger partial charge in [0.25, 0.3) is 0 Å². The molecule has 0 spiro atoms. The molecule has 3 nitrogen and oxygen atoms in total. The molecule has 0 bridgehead atoms. The van der Waals surface area contributed by atoms with Crippen LogP contribution in [0.3, 0.4) is 0 Å². The van der Waals surface area contributed by atoms with Crippen LogP contribution >= 0.6 is 38.5 Å². The van der Waals surface area contributed by atoms with E-state index in [2.05, 4.69) is 43.3 Å². The van der Waals surface area contributed by atoms with Gasteiger partial charge in [0, 0.05) is 10.5 Å². The number of carbonyl (C=O) groups excluding carboxylic acids is 1. The van der Waals surface area contributed by atoms with Crippen LogP contribution in [0.25, 0.3) is 0 Å². The fourth-order valence-electron chi connectivity index (χ4n) is 0.943. The normalized spacial score (nSPS) is 10.4. The first-order valence-electron chi connectivity index (χ1n) is 4.46. The highest BCUT2D eigenvalue weighted by atomic mass is 127. The molecule has 0 aliphatic carbocycles. The molecule has 5 heteroatoms. The molecular weight excluding hydrogens is 387 g/mol. The summed E-state index contributed by atoms with van der Waals surface area (Å²) in [6.45, 7) is 0.340. The maximum atomic E-state index is 10.8. The van der Waals surface area contributed by atoms with Gasteiger partial charge in [0.15, 0.2) is 0 Å². The molecule has 0 saturated heterocycles. The predicted molar refractivity (Wildman–Crippen MR) is 73.5 cm³/mol. The number of rotatable bonds is 4. The molecule has 0 amide bonds. The van der Waals surface area contributed by atoms with Crippen molar-refractivity contribution in [2.75, 3.05) is 13.7 Å². The number of carbonyl (C=O) groups is 1. The number of hydrogen-bond donors (Lipinski definition) is 0. The van der Waals surface area contributed by atoms with Crippen LogP contribution in [0.1, 0.15) is 0 Å². The number of ether oxygens (including phenoxy) is 2. The number of esters is 1. The lowest BCUT2D eigenvalue weighted by atomic mass is 10.3. The van der Waals surface area contributed by atoms with Gasteiger partial charge in [0.2, 0.25) is 0 Å². The van der Waals surface area contributed by atoms with Crippen LogP contribution in [0.2, 0.25) is 0 Å². The molecule has 1 aromatic carbocycles. The molecule has 1 aromatic rings. The van der Waals surface area contributed by atoms with Gasteiger partial charge in [-0.25, -0.2) is 4.79 Å². The lowest BCUT2D eigenvalue weighted by Gasteiger charge is -2.05. The Hall–Kier alpha value is -0.560. The molecule has 0 atom stereocenters. The van der Waals surface area contributed by atoms with Crippen LogP contribution in [0.5, 0.6) is 5.75 Å². The van der Waals surface area contributed by atoms with E-state index in [0.29, 0.717) is 6.61 Å². The standard InChI is InChI=1S/C11H10BrIO3/c1-15-11(14)3-2-6-16-10-5-4-8(12)7-9(10)13/h2-5,7H,6H2,1H3. The van der Waals surface area contributed by atoms with Crippen LogP contribution in [-0.4, -0.2) is 19.7 Å². The average molecular weight is 397 g/mol. The summed E-state index contributed by atoms with van der Waals surface area (Å²) in [4.78, 5) is 10.8. The average Bonchev–Trinajstić information content (AvgIpc) is 2.26. The second-order valence-electron chi connectivity index (χ2n) is 2.81. The third-order valence-electron chi connectivity index (χ3n) is 1.68. The van der Waals surface area contributed by atoms with Gasteiger partial charge < -0.3 is 9.47 Å². The summed E-state index contributed by atoms with van der Waals surface area (Å²) in [6, 6.07) is 5.74. The van der Waals surface area contributed by atoms with Crippen molar-refractivity contribution < 1.29 is 14.3 Å². The second-order valence-corrected chi connectivity index (χ2v) is 4.89. The van der Waals surface area contributed by atoms with Gasteiger partial charge in [-0.3, -0.25) is 0 Å². The molecule has 0 fully saturated rings. The van der Waals surface area contributed by atoms with E-state index in [1.807, 2.05) is 18.2 Å². The molecule has 0 heterocycles. The largest absolute Gasteiger partial charge is 0.488 e. The summed E-state index contributed by atoms with van der Waals surface area (Å²) >= 11 is 5.56. The topological polar surface area (TPSA) is 35.5 Å². The summed E-state index contributed by atoms with van der Waals surface area (Å²) in [5, 5.41) is 0. The predicted octanol–water partition coefficient (Wildman–Crippen LogP) is 3.16. The minimum Gasteiger partial charge on any atom is -0.488 e. The third kappa shape index (κ3) is 4.52. The van der Waals surface area contributed by atoms with Crippen LogP contribution in [0.4, 0.5) is 0 Å². The van der Waals surface area contributed by atoms with Gasteiger partial charge in [-0.2, -0.15) is 0 Å². The number of methoxy groups -OCH3 is 1. The smallest absolute Gasteiger partial charge is 0.330 e. The quantitative estimate of drug-likeness (QED) is 0.445. The Labute approximate surface area is 116 Å². The first-order chi connectivity index (χ1) is 7.63. The zero-order chi connectivity index (χ0) is 12.0. The highest BCUT2D eigenvalue weighted by Crippen LogP contribution is 2.24. The van der Waals surface area contributed by atoms with Crippen molar-refractivity contribution in [2.24, 2.45) is 0 Å². The highest BCUT2D eigenvalue weighted by Gasteiger charge is 2.00. The van der Waals surface area contributed by atoms with E-state index in [-0.39, 0.29) is 5.97 Å². The molecule has 0 unspecified atom stereocenters. The highest BCUT2D eigenvalue weighted by molar-refractivity contribution is 14.1. The number of benzene rings is 1. The van der Waals surface area contributed by atoms with E-state index in [0.717, 1.165) is 13.8 Å². The molecule has 0 aromatic heterocycles. The third-order valence-corrected chi connectivity index (χ3v) is 3.02. The van der Waals surface area contributed by atoms with Crippen LogP contribution < -0.4 is 4.74 Å². The lowest BCUT2D eigenvalue weighted by Crippen LogP contribution is -1.98. The molecule has 16 heavy (non-hydrogen) atoms. The van der Waals surface area contributed by atoms with Crippen molar-refractivity contribution in [3.63, 3.8) is 0 Å². The van der Waals surface area contributed by atoms with Gasteiger partial charge in [0.05, 0.1) is 10.7 Å². The second kappa shape index (κ2) is 6.90. The van der Waals surface area contributed by atoms with Gasteiger partial charge in [0.1, 0.15) is 12.4 Å². The molecule has 0 radical (unpaired) electrons. The Morgan fingerprint density at radius 1 is 1.56 bits per heavy atom. The van der Waals surface area contributed by atoms with Crippen molar-refractivity contribution in [2.45, 2.75) is 0 Å². The van der Waals surface area contributed by atoms with Crippen LogP contribution in [-0.2, 0) is 9.53 Å². The maximum absolute atomic E-state index is 10.8. The Bertz CT molecular complexity index is 404. The van der Waals surface area contributed by atoms with Crippen molar-refractivity contribution in [3.05, 3.63) is 38.4 Å². The van der Waals surface area contributed by atoms with Crippen molar-refractivity contribution >= 4 is 44.5 Å². The molecule has 86 valence electrons. The van der Waals surface area contributed by atoms with Gasteiger partial charge in [-0.1, -0.05) is 15.9 Å². The summed E-state index contributed by atoms with van der Waals surface area (Å²) in [7, 11) is 1.34. The fraction of sp³-hybridized carbons (Fsp3) is 0.182. The molecule has 0 saturated carbocycles. The zero-order valence-corrected chi connectivity index (χ0v) is 12.3. The Kier molecular flexibility index (Phi) is 5.83. The Morgan fingerprint density at radius 2 is 2.31 bits per heavy atom. The first kappa shape index (κ1) is 13.5. The number of hydrogen-bond acceptors (Lipinski definition) is 3. The molecule has 0 aliphatic rings. The summed E-state index contributed by atoms with van der Waals surface area (Å²) in [6.07, 6.45) is 2.95. The maximum Gasteiger partial charge on any atom is 0.330 e. The Morgan fingerprint density at radius 3 is 2.94 bits per heavy atom. The minimum atomic E-state index is -0.380.